The van der Waals surface area contributed by atoms with Crippen molar-refractivity contribution in [3.8, 4) is 11.5 Å². The number of fused-ring (bicyclic) bond motifs is 1. The average Bonchev–Trinajstić information content (AvgIpc) is 3.01. The number of carbonyl (C=O) groups is 1. The van der Waals surface area contributed by atoms with Gasteiger partial charge in [0.2, 0.25) is 5.91 Å². The van der Waals surface area contributed by atoms with Crippen molar-refractivity contribution in [3.63, 3.8) is 0 Å². The van der Waals surface area contributed by atoms with Crippen molar-refractivity contribution in [2.24, 2.45) is 0 Å². The highest BCUT2D eigenvalue weighted by Crippen LogP contribution is 2.49. The lowest BCUT2D eigenvalue weighted by atomic mass is 9.92. The van der Waals surface area contributed by atoms with E-state index in [-0.39, 0.29) is 17.9 Å². The number of amides is 1. The van der Waals surface area contributed by atoms with Crippen LogP contribution in [0, 0.1) is 6.92 Å². The van der Waals surface area contributed by atoms with Gasteiger partial charge in [-0.1, -0.05) is 12.2 Å². The van der Waals surface area contributed by atoms with Crippen molar-refractivity contribution < 1.29 is 19.0 Å². The van der Waals surface area contributed by atoms with Crippen molar-refractivity contribution in [1.82, 2.24) is 4.90 Å². The first-order chi connectivity index (χ1) is 11.3. The Balaban J connectivity index is 2.03. The van der Waals surface area contributed by atoms with Gasteiger partial charge in [0.15, 0.2) is 0 Å². The Hall–Kier alpha value is -2.01. The summed E-state index contributed by atoms with van der Waals surface area (Å²) >= 11 is 0. The first kappa shape index (κ1) is 16.8. The van der Waals surface area contributed by atoms with Crippen molar-refractivity contribution in [1.29, 1.82) is 0 Å². The van der Waals surface area contributed by atoms with E-state index in [0.29, 0.717) is 18.8 Å². The van der Waals surface area contributed by atoms with Gasteiger partial charge in [-0.25, -0.2) is 0 Å². The molecule has 5 heteroatoms. The number of methoxy groups -OCH3 is 2. The van der Waals surface area contributed by atoms with Crippen LogP contribution in [0.15, 0.2) is 24.3 Å². The molecule has 3 atom stereocenters. The van der Waals surface area contributed by atoms with E-state index in [0.717, 1.165) is 22.4 Å². The van der Waals surface area contributed by atoms with Gasteiger partial charge in [-0.05, 0) is 38.5 Å². The monoisotopic (exact) mass is 331 g/mol. The largest absolute Gasteiger partial charge is 0.496 e. The predicted molar refractivity (Wildman–Crippen MR) is 91.4 cm³/mol. The molecule has 0 radical (unpaired) electrons. The third-order valence-electron chi connectivity index (χ3n) is 5.18. The molecule has 0 bridgehead atoms. The van der Waals surface area contributed by atoms with Gasteiger partial charge in [-0.15, -0.1) is 0 Å². The number of carbonyl (C=O) groups excluding carboxylic acids is 1. The highest BCUT2D eigenvalue weighted by molar-refractivity contribution is 5.88. The maximum absolute atomic E-state index is 13.2. The number of aryl methyl sites for hydroxylation is 1. The SMILES string of the molecule is C=C(C)[C@H]1CO[C@]2(C)CC(c3cc(OC)c(C)cc3OC)C(=O)N12. The molecule has 0 aliphatic carbocycles. The third kappa shape index (κ3) is 2.38. The third-order valence-corrected chi connectivity index (χ3v) is 5.18. The molecule has 2 aliphatic heterocycles. The zero-order valence-electron chi connectivity index (χ0n) is 15.0. The van der Waals surface area contributed by atoms with Gasteiger partial charge < -0.3 is 19.1 Å². The second-order valence-corrected chi connectivity index (χ2v) is 6.88. The van der Waals surface area contributed by atoms with Crippen LogP contribution in [0.4, 0.5) is 0 Å². The molecule has 2 heterocycles. The van der Waals surface area contributed by atoms with E-state index in [1.54, 1.807) is 14.2 Å². The van der Waals surface area contributed by atoms with Gasteiger partial charge in [0.1, 0.15) is 17.2 Å². The summed E-state index contributed by atoms with van der Waals surface area (Å²) in [5, 5.41) is 0. The molecule has 0 N–H and O–H groups in total. The van der Waals surface area contributed by atoms with Gasteiger partial charge in [0.05, 0.1) is 32.8 Å². The Kier molecular flexibility index (Phi) is 4.08. The van der Waals surface area contributed by atoms with Crippen LogP contribution in [0.3, 0.4) is 0 Å². The normalized spacial score (nSPS) is 28.9. The maximum Gasteiger partial charge on any atom is 0.233 e. The highest BCUT2D eigenvalue weighted by Gasteiger charge is 2.56. The summed E-state index contributed by atoms with van der Waals surface area (Å²) in [7, 11) is 3.26. The van der Waals surface area contributed by atoms with Crippen molar-refractivity contribution >= 4 is 5.91 Å². The van der Waals surface area contributed by atoms with Crippen LogP contribution in [0.5, 0.6) is 11.5 Å². The second kappa shape index (κ2) is 5.81. The lowest BCUT2D eigenvalue weighted by Gasteiger charge is -2.29. The predicted octanol–water partition coefficient (Wildman–Crippen LogP) is 3.02. The van der Waals surface area contributed by atoms with Gasteiger partial charge in [0.25, 0.3) is 0 Å². The molecule has 1 unspecified atom stereocenters. The molecule has 2 saturated heterocycles. The first-order valence-corrected chi connectivity index (χ1v) is 8.17. The molecule has 1 amide bonds. The van der Waals surface area contributed by atoms with Crippen LogP contribution in [0.25, 0.3) is 0 Å². The minimum Gasteiger partial charge on any atom is -0.496 e. The molecule has 1 aromatic rings. The number of rotatable bonds is 4. The fraction of sp³-hybridized carbons (Fsp3) is 0.526. The number of nitrogens with zero attached hydrogens (tertiary/aromatic N) is 1. The fourth-order valence-corrected chi connectivity index (χ4v) is 3.86. The van der Waals surface area contributed by atoms with E-state index in [4.69, 9.17) is 14.2 Å². The molecule has 0 saturated carbocycles. The molecule has 1 aromatic carbocycles. The van der Waals surface area contributed by atoms with E-state index in [2.05, 4.69) is 6.58 Å². The molecule has 2 fully saturated rings. The number of benzene rings is 1. The minimum absolute atomic E-state index is 0.0622. The molecular formula is C19H25NO4. The molecule has 130 valence electrons. The Morgan fingerprint density at radius 1 is 1.33 bits per heavy atom. The number of hydrogen-bond acceptors (Lipinski definition) is 4. The van der Waals surface area contributed by atoms with E-state index >= 15 is 0 Å². The lowest BCUT2D eigenvalue weighted by Crippen LogP contribution is -2.43. The number of hydrogen-bond donors (Lipinski definition) is 0. The summed E-state index contributed by atoms with van der Waals surface area (Å²) in [4.78, 5) is 15.0. The molecule has 2 aliphatic rings. The van der Waals surface area contributed by atoms with Crippen LogP contribution in [0.2, 0.25) is 0 Å². The highest BCUT2D eigenvalue weighted by atomic mass is 16.5. The van der Waals surface area contributed by atoms with Gasteiger partial charge in [-0.3, -0.25) is 4.79 Å². The number of ether oxygens (including phenoxy) is 3. The molecule has 24 heavy (non-hydrogen) atoms. The molecule has 5 nitrogen and oxygen atoms in total. The summed E-state index contributed by atoms with van der Waals surface area (Å²) in [5.74, 6) is 1.23. The Labute approximate surface area is 143 Å². The Bertz CT molecular complexity index is 699. The van der Waals surface area contributed by atoms with Gasteiger partial charge in [0, 0.05) is 12.0 Å². The second-order valence-electron chi connectivity index (χ2n) is 6.88. The standard InChI is InChI=1S/C19H25NO4/c1-11(2)15-10-24-19(4)9-14(18(21)20(15)19)13-8-16(22-5)12(3)7-17(13)23-6/h7-8,14-15H,1,9-10H2,2-6H3/t14?,15-,19-/m1/s1. The summed E-state index contributed by atoms with van der Waals surface area (Å²) < 4.78 is 17.0. The first-order valence-electron chi connectivity index (χ1n) is 8.17. The Morgan fingerprint density at radius 2 is 2.00 bits per heavy atom. The summed E-state index contributed by atoms with van der Waals surface area (Å²) in [6, 6.07) is 3.77. The average molecular weight is 331 g/mol. The van der Waals surface area contributed by atoms with Crippen molar-refractivity contribution in [2.75, 3.05) is 20.8 Å². The van der Waals surface area contributed by atoms with Crippen LogP contribution < -0.4 is 9.47 Å². The fourth-order valence-electron chi connectivity index (χ4n) is 3.86. The van der Waals surface area contributed by atoms with Crippen LogP contribution in [-0.2, 0) is 9.53 Å². The zero-order valence-corrected chi connectivity index (χ0v) is 15.0. The van der Waals surface area contributed by atoms with E-state index in [1.807, 2.05) is 37.8 Å². The minimum atomic E-state index is -0.589. The summed E-state index contributed by atoms with van der Waals surface area (Å²) in [6.07, 6.45) is 0.595. The van der Waals surface area contributed by atoms with Crippen LogP contribution in [-0.4, -0.2) is 43.4 Å². The van der Waals surface area contributed by atoms with E-state index in [9.17, 15) is 4.79 Å². The molecule has 3 rings (SSSR count). The summed E-state index contributed by atoms with van der Waals surface area (Å²) in [6.45, 7) is 10.4. The summed E-state index contributed by atoms with van der Waals surface area (Å²) in [5.41, 5.74) is 2.19. The van der Waals surface area contributed by atoms with Gasteiger partial charge >= 0.3 is 0 Å². The molecular weight excluding hydrogens is 306 g/mol. The topological polar surface area (TPSA) is 48.0 Å². The lowest BCUT2D eigenvalue weighted by molar-refractivity contribution is -0.136. The molecule has 0 aromatic heterocycles. The van der Waals surface area contributed by atoms with Gasteiger partial charge in [-0.2, -0.15) is 0 Å². The van der Waals surface area contributed by atoms with Crippen LogP contribution in [0.1, 0.15) is 37.3 Å². The van der Waals surface area contributed by atoms with E-state index in [1.165, 1.54) is 0 Å². The quantitative estimate of drug-likeness (QED) is 0.796. The van der Waals surface area contributed by atoms with Crippen molar-refractivity contribution in [2.45, 2.75) is 44.9 Å². The van der Waals surface area contributed by atoms with Crippen LogP contribution >= 0.6 is 0 Å². The smallest absolute Gasteiger partial charge is 0.233 e. The maximum atomic E-state index is 13.2. The van der Waals surface area contributed by atoms with E-state index < -0.39 is 5.72 Å². The van der Waals surface area contributed by atoms with Crippen molar-refractivity contribution in [3.05, 3.63) is 35.4 Å². The zero-order chi connectivity index (χ0) is 17.6. The Morgan fingerprint density at radius 3 is 2.58 bits per heavy atom. The molecule has 0 spiro atoms.